The first-order valence-electron chi connectivity index (χ1n) is 5.80. The van der Waals surface area contributed by atoms with Crippen molar-refractivity contribution in [3.63, 3.8) is 0 Å². The summed E-state index contributed by atoms with van der Waals surface area (Å²) in [6.07, 6.45) is -0.832. The second kappa shape index (κ2) is 13.1. The largest absolute Gasteiger partial charge is 0.481 e. The number of carboxylic acids is 1. The first-order chi connectivity index (χ1) is 9.16. The van der Waals surface area contributed by atoms with Crippen molar-refractivity contribution in [1.82, 2.24) is 0 Å². The lowest BCUT2D eigenvalue weighted by atomic mass is 10.4. The molecular formula is C10H19N3O6. The second-order valence-electron chi connectivity index (χ2n) is 3.51. The number of hydrogen-bond donors (Lipinski definition) is 2. The average molecular weight is 277 g/mol. The van der Waals surface area contributed by atoms with E-state index in [1.165, 1.54) is 0 Å². The lowest BCUT2D eigenvalue weighted by Crippen LogP contribution is -2.20. The van der Waals surface area contributed by atoms with E-state index in [1.54, 1.807) is 0 Å². The molecule has 0 saturated carbocycles. The number of aliphatic hydroxyl groups excluding tert-OH is 1. The van der Waals surface area contributed by atoms with Gasteiger partial charge in [0.15, 0.2) is 0 Å². The fourth-order valence-electron chi connectivity index (χ4n) is 1.00. The molecule has 1 unspecified atom stereocenters. The SMILES string of the molecule is [N-]=[N+]=NCC(O)COCCOCCOCCC(=O)O. The van der Waals surface area contributed by atoms with Crippen LogP contribution in [0.25, 0.3) is 10.4 Å². The Morgan fingerprint density at radius 2 is 1.74 bits per heavy atom. The molecule has 0 aromatic carbocycles. The van der Waals surface area contributed by atoms with Gasteiger partial charge in [-0.1, -0.05) is 5.11 Å². The highest BCUT2D eigenvalue weighted by Crippen LogP contribution is 1.88. The summed E-state index contributed by atoms with van der Waals surface area (Å²) in [6.45, 7) is 1.56. The highest BCUT2D eigenvalue weighted by atomic mass is 16.5. The fraction of sp³-hybridized carbons (Fsp3) is 0.900. The van der Waals surface area contributed by atoms with Crippen molar-refractivity contribution in [3.05, 3.63) is 10.4 Å². The van der Waals surface area contributed by atoms with E-state index in [4.69, 9.17) is 24.8 Å². The van der Waals surface area contributed by atoms with Crippen LogP contribution in [0, 0.1) is 0 Å². The molecule has 0 radical (unpaired) electrons. The highest BCUT2D eigenvalue weighted by molar-refractivity contribution is 5.66. The molecule has 0 aliphatic rings. The molecule has 0 aromatic rings. The Labute approximate surface area is 110 Å². The molecule has 0 aliphatic heterocycles. The van der Waals surface area contributed by atoms with Crippen LogP contribution in [0.2, 0.25) is 0 Å². The molecule has 0 heterocycles. The molecule has 0 amide bonds. The van der Waals surface area contributed by atoms with Gasteiger partial charge in [0.25, 0.3) is 0 Å². The number of aliphatic hydroxyl groups is 1. The summed E-state index contributed by atoms with van der Waals surface area (Å²) in [6, 6.07) is 0. The first-order valence-corrected chi connectivity index (χ1v) is 5.80. The molecule has 0 aromatic heterocycles. The zero-order chi connectivity index (χ0) is 14.3. The van der Waals surface area contributed by atoms with Gasteiger partial charge in [0.2, 0.25) is 0 Å². The van der Waals surface area contributed by atoms with Gasteiger partial charge in [-0.05, 0) is 5.53 Å². The summed E-state index contributed by atoms with van der Waals surface area (Å²) in [5.74, 6) is -0.895. The third-order valence-corrected chi connectivity index (χ3v) is 1.87. The predicted molar refractivity (Wildman–Crippen MR) is 64.7 cm³/mol. The Bertz CT molecular complexity index is 282. The smallest absolute Gasteiger partial charge is 0.305 e. The number of nitrogens with zero attached hydrogens (tertiary/aromatic N) is 3. The fourth-order valence-corrected chi connectivity index (χ4v) is 1.00. The minimum absolute atomic E-state index is 0.0191. The number of hydrogen-bond acceptors (Lipinski definition) is 6. The van der Waals surface area contributed by atoms with E-state index in [0.29, 0.717) is 26.4 Å². The first kappa shape index (κ1) is 17.6. The molecule has 0 spiro atoms. The standard InChI is InChI=1S/C10H19N3O6/c11-13-12-7-9(14)8-19-6-5-18-4-3-17-2-1-10(15)16/h9,14H,1-8H2,(H,15,16). The molecular weight excluding hydrogens is 258 g/mol. The summed E-state index contributed by atoms with van der Waals surface area (Å²) in [4.78, 5) is 12.7. The van der Waals surface area contributed by atoms with E-state index in [0.717, 1.165) is 0 Å². The second-order valence-corrected chi connectivity index (χ2v) is 3.51. The minimum atomic E-state index is -0.895. The third kappa shape index (κ3) is 14.6. The maximum atomic E-state index is 10.2. The van der Waals surface area contributed by atoms with Gasteiger partial charge in [-0.2, -0.15) is 0 Å². The molecule has 1 atom stereocenters. The van der Waals surface area contributed by atoms with Crippen molar-refractivity contribution >= 4 is 5.97 Å². The van der Waals surface area contributed by atoms with Crippen LogP contribution in [-0.4, -0.2) is 68.5 Å². The number of aliphatic carboxylic acids is 1. The summed E-state index contributed by atoms with van der Waals surface area (Å²) in [5, 5.41) is 20.8. The zero-order valence-electron chi connectivity index (χ0n) is 10.6. The minimum Gasteiger partial charge on any atom is -0.481 e. The summed E-state index contributed by atoms with van der Waals surface area (Å²) in [5.41, 5.74) is 8.02. The van der Waals surface area contributed by atoms with Crippen molar-refractivity contribution in [3.8, 4) is 0 Å². The highest BCUT2D eigenvalue weighted by Gasteiger charge is 2.01. The maximum Gasteiger partial charge on any atom is 0.305 e. The number of carboxylic acid groups (broad SMARTS) is 1. The van der Waals surface area contributed by atoms with Gasteiger partial charge in [-0.15, -0.1) is 0 Å². The quantitative estimate of drug-likeness (QED) is 0.213. The van der Waals surface area contributed by atoms with Crippen molar-refractivity contribution in [2.75, 3.05) is 46.2 Å². The van der Waals surface area contributed by atoms with Gasteiger partial charge < -0.3 is 24.4 Å². The lowest BCUT2D eigenvalue weighted by Gasteiger charge is -2.09. The van der Waals surface area contributed by atoms with Crippen LogP contribution in [0.15, 0.2) is 5.11 Å². The summed E-state index contributed by atoms with van der Waals surface area (Å²) in [7, 11) is 0. The van der Waals surface area contributed by atoms with Crippen LogP contribution in [0.3, 0.4) is 0 Å². The molecule has 9 heteroatoms. The maximum absolute atomic E-state index is 10.2. The number of carbonyl (C=O) groups is 1. The Morgan fingerprint density at radius 1 is 1.16 bits per heavy atom. The lowest BCUT2D eigenvalue weighted by molar-refractivity contribution is -0.138. The van der Waals surface area contributed by atoms with Crippen molar-refractivity contribution in [2.24, 2.45) is 5.11 Å². The Kier molecular flexibility index (Phi) is 12.1. The van der Waals surface area contributed by atoms with Gasteiger partial charge in [0.05, 0.1) is 58.7 Å². The summed E-state index contributed by atoms with van der Waals surface area (Å²) < 4.78 is 15.2. The number of ether oxygens (including phenoxy) is 3. The molecule has 9 nitrogen and oxygen atoms in total. The molecule has 110 valence electrons. The predicted octanol–water partition coefficient (Wildman–Crippen LogP) is 0.182. The molecule has 2 N–H and O–H groups in total. The van der Waals surface area contributed by atoms with E-state index in [9.17, 15) is 9.90 Å². The molecule has 19 heavy (non-hydrogen) atoms. The van der Waals surface area contributed by atoms with E-state index < -0.39 is 12.1 Å². The molecule has 0 bridgehead atoms. The summed E-state index contributed by atoms with van der Waals surface area (Å²) >= 11 is 0. The van der Waals surface area contributed by atoms with Gasteiger partial charge in [-0.3, -0.25) is 4.79 Å². The monoisotopic (exact) mass is 277 g/mol. The van der Waals surface area contributed by atoms with Gasteiger partial charge >= 0.3 is 5.97 Å². The van der Waals surface area contributed by atoms with Crippen molar-refractivity contribution in [1.29, 1.82) is 0 Å². The number of rotatable bonds is 13. The third-order valence-electron chi connectivity index (χ3n) is 1.87. The molecule has 0 rings (SSSR count). The Balaban J connectivity index is 3.14. The van der Waals surface area contributed by atoms with E-state index in [2.05, 4.69) is 10.0 Å². The molecule has 0 aliphatic carbocycles. The van der Waals surface area contributed by atoms with Crippen LogP contribution < -0.4 is 0 Å². The Morgan fingerprint density at radius 3 is 2.32 bits per heavy atom. The normalized spacial score (nSPS) is 11.8. The topological polar surface area (TPSA) is 134 Å². The molecule has 0 saturated heterocycles. The van der Waals surface area contributed by atoms with E-state index in [1.807, 2.05) is 0 Å². The van der Waals surface area contributed by atoms with Crippen LogP contribution >= 0.6 is 0 Å². The molecule has 0 fully saturated rings. The van der Waals surface area contributed by atoms with Gasteiger partial charge in [0, 0.05) is 4.91 Å². The van der Waals surface area contributed by atoms with Crippen LogP contribution in [0.4, 0.5) is 0 Å². The Hall–Kier alpha value is -1.38. The van der Waals surface area contributed by atoms with Gasteiger partial charge in [0.1, 0.15) is 0 Å². The zero-order valence-corrected chi connectivity index (χ0v) is 10.6. The average Bonchev–Trinajstić information content (AvgIpc) is 2.38. The number of azide groups is 1. The van der Waals surface area contributed by atoms with Crippen molar-refractivity contribution in [2.45, 2.75) is 12.5 Å². The van der Waals surface area contributed by atoms with E-state index in [-0.39, 0.29) is 26.2 Å². The van der Waals surface area contributed by atoms with Crippen molar-refractivity contribution < 1.29 is 29.2 Å². The van der Waals surface area contributed by atoms with E-state index >= 15 is 0 Å². The van der Waals surface area contributed by atoms with Crippen LogP contribution in [0.1, 0.15) is 6.42 Å². The van der Waals surface area contributed by atoms with Gasteiger partial charge in [-0.25, -0.2) is 0 Å². The van der Waals surface area contributed by atoms with Crippen LogP contribution in [-0.2, 0) is 19.0 Å². The van der Waals surface area contributed by atoms with Crippen LogP contribution in [0.5, 0.6) is 0 Å².